The number of ether oxygens (including phenoxy) is 2. The first-order valence-electron chi connectivity index (χ1n) is 6.02. The zero-order chi connectivity index (χ0) is 13.8. The molecule has 0 bridgehead atoms. The van der Waals surface area contributed by atoms with E-state index in [-0.39, 0.29) is 24.3 Å². The number of carbonyl (C=O) groups is 2. The summed E-state index contributed by atoms with van der Waals surface area (Å²) in [5.41, 5.74) is 0.515. The summed E-state index contributed by atoms with van der Waals surface area (Å²) in [7, 11) is 0. The highest BCUT2D eigenvalue weighted by atomic mass is 32.1. The van der Waals surface area contributed by atoms with Gasteiger partial charge in [0.2, 0.25) is 0 Å². The molecule has 0 aliphatic carbocycles. The minimum Gasteiger partial charge on any atom is -0.462 e. The minimum absolute atomic E-state index is 0.256. The zero-order valence-electron chi connectivity index (χ0n) is 10.8. The Hall–Kier alpha value is -1.88. The fourth-order valence-electron chi connectivity index (χ4n) is 1.76. The summed E-state index contributed by atoms with van der Waals surface area (Å²) in [6.45, 7) is 3.99. The van der Waals surface area contributed by atoms with E-state index in [9.17, 15) is 9.59 Å². The number of fused-ring (bicyclic) bond motifs is 1. The maximum Gasteiger partial charge on any atom is 0.339 e. The molecule has 0 radical (unpaired) electrons. The van der Waals surface area contributed by atoms with Crippen molar-refractivity contribution in [3.63, 3.8) is 0 Å². The third-order valence-electron chi connectivity index (χ3n) is 2.58. The van der Waals surface area contributed by atoms with E-state index >= 15 is 0 Å². The summed E-state index contributed by atoms with van der Waals surface area (Å²) in [6, 6.07) is 5.26. The number of benzene rings is 1. The van der Waals surface area contributed by atoms with Crippen LogP contribution in [0.5, 0.6) is 0 Å². The van der Waals surface area contributed by atoms with Crippen LogP contribution in [-0.2, 0) is 9.47 Å². The fraction of sp³-hybridized carbons (Fsp3) is 0.286. The number of rotatable bonds is 4. The third kappa shape index (κ3) is 2.76. The van der Waals surface area contributed by atoms with Crippen LogP contribution in [0.2, 0.25) is 0 Å². The van der Waals surface area contributed by atoms with Crippen molar-refractivity contribution in [3.8, 4) is 0 Å². The van der Waals surface area contributed by atoms with Crippen molar-refractivity contribution in [2.24, 2.45) is 0 Å². The molecule has 0 fully saturated rings. The second kappa shape index (κ2) is 5.84. The molecule has 0 atom stereocenters. The highest BCUT2D eigenvalue weighted by Crippen LogP contribution is 2.26. The molecule has 0 saturated heterocycles. The van der Waals surface area contributed by atoms with Crippen LogP contribution in [-0.4, -0.2) is 25.2 Å². The Labute approximate surface area is 114 Å². The van der Waals surface area contributed by atoms with Crippen LogP contribution in [0, 0.1) is 0 Å². The Morgan fingerprint density at radius 3 is 2.21 bits per heavy atom. The van der Waals surface area contributed by atoms with Crippen molar-refractivity contribution < 1.29 is 19.1 Å². The van der Waals surface area contributed by atoms with Gasteiger partial charge in [-0.05, 0) is 42.8 Å². The standard InChI is InChI=1S/C14H14O4S/c1-3-17-13(15)10-7-9-5-6-19-12(9)8-11(10)14(16)18-4-2/h5-8H,3-4H2,1-2H3. The molecule has 1 aromatic heterocycles. The van der Waals surface area contributed by atoms with Gasteiger partial charge in [0.05, 0.1) is 24.3 Å². The van der Waals surface area contributed by atoms with Crippen molar-refractivity contribution in [3.05, 3.63) is 34.7 Å². The quantitative estimate of drug-likeness (QED) is 0.805. The molecule has 1 aromatic carbocycles. The number of carbonyl (C=O) groups excluding carboxylic acids is 2. The predicted molar refractivity (Wildman–Crippen MR) is 73.7 cm³/mol. The monoisotopic (exact) mass is 278 g/mol. The lowest BCUT2D eigenvalue weighted by Crippen LogP contribution is -2.14. The van der Waals surface area contributed by atoms with Gasteiger partial charge in [0.1, 0.15) is 0 Å². The van der Waals surface area contributed by atoms with E-state index < -0.39 is 11.9 Å². The van der Waals surface area contributed by atoms with Crippen LogP contribution in [0.15, 0.2) is 23.6 Å². The van der Waals surface area contributed by atoms with Gasteiger partial charge in [-0.1, -0.05) is 0 Å². The number of hydrogen-bond donors (Lipinski definition) is 0. The van der Waals surface area contributed by atoms with Gasteiger partial charge in [0, 0.05) is 4.70 Å². The smallest absolute Gasteiger partial charge is 0.339 e. The Morgan fingerprint density at radius 1 is 1.05 bits per heavy atom. The van der Waals surface area contributed by atoms with Crippen LogP contribution in [0.1, 0.15) is 34.6 Å². The molecule has 0 spiro atoms. The lowest BCUT2D eigenvalue weighted by Gasteiger charge is -2.08. The van der Waals surface area contributed by atoms with Gasteiger partial charge in [0.25, 0.3) is 0 Å². The Bertz CT molecular complexity index is 563. The van der Waals surface area contributed by atoms with E-state index in [1.54, 1.807) is 26.0 Å². The average molecular weight is 278 g/mol. The second-order valence-corrected chi connectivity index (χ2v) is 4.74. The van der Waals surface area contributed by atoms with Gasteiger partial charge in [0.15, 0.2) is 0 Å². The average Bonchev–Trinajstić information content (AvgIpc) is 2.85. The first kappa shape index (κ1) is 13.5. The van der Waals surface area contributed by atoms with Gasteiger partial charge in [-0.25, -0.2) is 9.59 Å². The van der Waals surface area contributed by atoms with Crippen LogP contribution in [0.25, 0.3) is 10.1 Å². The molecule has 0 amide bonds. The van der Waals surface area contributed by atoms with E-state index in [4.69, 9.17) is 9.47 Å². The predicted octanol–water partition coefficient (Wildman–Crippen LogP) is 3.25. The molecule has 4 nitrogen and oxygen atoms in total. The van der Waals surface area contributed by atoms with E-state index in [0.29, 0.717) is 0 Å². The Morgan fingerprint density at radius 2 is 1.63 bits per heavy atom. The lowest BCUT2D eigenvalue weighted by molar-refractivity contribution is 0.0479. The van der Waals surface area contributed by atoms with Crippen molar-refractivity contribution >= 4 is 33.4 Å². The van der Waals surface area contributed by atoms with Crippen LogP contribution >= 0.6 is 11.3 Å². The molecule has 1 heterocycles. The first-order valence-corrected chi connectivity index (χ1v) is 6.90. The SMILES string of the molecule is CCOC(=O)c1cc2ccsc2cc1C(=O)OCC. The van der Waals surface area contributed by atoms with Gasteiger partial charge in [-0.15, -0.1) is 11.3 Å². The van der Waals surface area contributed by atoms with Crippen LogP contribution in [0.3, 0.4) is 0 Å². The summed E-state index contributed by atoms with van der Waals surface area (Å²) < 4.78 is 10.9. The third-order valence-corrected chi connectivity index (χ3v) is 3.46. The second-order valence-electron chi connectivity index (χ2n) is 3.80. The van der Waals surface area contributed by atoms with Gasteiger partial charge < -0.3 is 9.47 Å². The normalized spacial score (nSPS) is 10.4. The van der Waals surface area contributed by atoms with E-state index in [1.165, 1.54) is 11.3 Å². The molecule has 0 unspecified atom stereocenters. The molecule has 0 aliphatic heterocycles. The van der Waals surface area contributed by atoms with E-state index in [2.05, 4.69) is 0 Å². The van der Waals surface area contributed by atoms with E-state index in [1.807, 2.05) is 11.4 Å². The van der Waals surface area contributed by atoms with Gasteiger partial charge in [-0.2, -0.15) is 0 Å². The summed E-state index contributed by atoms with van der Waals surface area (Å²) >= 11 is 1.51. The molecule has 0 aliphatic rings. The van der Waals surface area contributed by atoms with E-state index in [0.717, 1.165) is 10.1 Å². The summed E-state index contributed by atoms with van der Waals surface area (Å²) in [6.07, 6.45) is 0. The fourth-order valence-corrected chi connectivity index (χ4v) is 2.58. The number of hydrogen-bond acceptors (Lipinski definition) is 5. The van der Waals surface area contributed by atoms with Crippen LogP contribution in [0.4, 0.5) is 0 Å². The van der Waals surface area contributed by atoms with Gasteiger partial charge >= 0.3 is 11.9 Å². The lowest BCUT2D eigenvalue weighted by atomic mass is 10.1. The minimum atomic E-state index is -0.501. The van der Waals surface area contributed by atoms with Crippen molar-refractivity contribution in [1.29, 1.82) is 0 Å². The molecule has 19 heavy (non-hydrogen) atoms. The molecule has 2 rings (SSSR count). The summed E-state index contributed by atoms with van der Waals surface area (Å²) in [4.78, 5) is 23.8. The maximum absolute atomic E-state index is 11.9. The molecular weight excluding hydrogens is 264 g/mol. The largest absolute Gasteiger partial charge is 0.462 e. The highest BCUT2D eigenvalue weighted by Gasteiger charge is 2.20. The Kier molecular flexibility index (Phi) is 4.16. The van der Waals surface area contributed by atoms with Crippen molar-refractivity contribution in [2.75, 3.05) is 13.2 Å². The topological polar surface area (TPSA) is 52.6 Å². The molecule has 100 valence electrons. The first-order chi connectivity index (χ1) is 9.17. The Balaban J connectivity index is 2.53. The number of thiophene rings is 1. The molecular formula is C14H14O4S. The number of esters is 2. The zero-order valence-corrected chi connectivity index (χ0v) is 11.6. The van der Waals surface area contributed by atoms with Crippen molar-refractivity contribution in [2.45, 2.75) is 13.8 Å². The molecule has 0 saturated carbocycles. The highest BCUT2D eigenvalue weighted by molar-refractivity contribution is 7.17. The summed E-state index contributed by atoms with van der Waals surface area (Å²) in [5.74, 6) is -1.00. The van der Waals surface area contributed by atoms with Crippen LogP contribution < -0.4 is 0 Å². The van der Waals surface area contributed by atoms with Crippen molar-refractivity contribution in [1.82, 2.24) is 0 Å². The molecule has 5 heteroatoms. The molecule has 0 N–H and O–H groups in total. The van der Waals surface area contributed by atoms with Gasteiger partial charge in [-0.3, -0.25) is 0 Å². The summed E-state index contributed by atoms with van der Waals surface area (Å²) in [5, 5.41) is 2.83. The molecule has 2 aromatic rings. The maximum atomic E-state index is 11.9.